The fourth-order valence-corrected chi connectivity index (χ4v) is 2.26. The molecule has 0 radical (unpaired) electrons. The summed E-state index contributed by atoms with van der Waals surface area (Å²) in [7, 11) is 0. The normalized spacial score (nSPS) is 10.9. The van der Waals surface area contributed by atoms with Gasteiger partial charge in [-0.2, -0.15) is 5.10 Å². The van der Waals surface area contributed by atoms with E-state index in [1.54, 1.807) is 44.2 Å². The molecule has 1 amide bonds. The highest BCUT2D eigenvalue weighted by Crippen LogP contribution is 2.28. The number of hydrogen-bond acceptors (Lipinski definition) is 6. The molecule has 8 nitrogen and oxygen atoms in total. The van der Waals surface area contributed by atoms with E-state index in [0.29, 0.717) is 23.5 Å². The lowest BCUT2D eigenvalue weighted by molar-refractivity contribution is -0.386. The zero-order valence-corrected chi connectivity index (χ0v) is 16.0. The summed E-state index contributed by atoms with van der Waals surface area (Å²) in [4.78, 5) is 22.8. The zero-order valence-electron chi connectivity index (χ0n) is 16.0. The minimum atomic E-state index is -0.518. The molecule has 2 aromatic carbocycles. The van der Waals surface area contributed by atoms with Gasteiger partial charge < -0.3 is 9.47 Å². The number of nitro benzene ring substituents is 1. The molecule has 148 valence electrons. The molecule has 0 fully saturated rings. The number of nitrogens with zero attached hydrogens (tertiary/aromatic N) is 2. The quantitative estimate of drug-likeness (QED) is 0.400. The van der Waals surface area contributed by atoms with Crippen molar-refractivity contribution < 1.29 is 19.2 Å². The van der Waals surface area contributed by atoms with Gasteiger partial charge in [-0.15, -0.1) is 0 Å². The van der Waals surface area contributed by atoms with Crippen LogP contribution in [0.4, 0.5) is 5.69 Å². The summed E-state index contributed by atoms with van der Waals surface area (Å²) in [6.45, 7) is 6.20. The lowest BCUT2D eigenvalue weighted by Gasteiger charge is -2.10. The zero-order chi connectivity index (χ0) is 20.5. The van der Waals surface area contributed by atoms with Gasteiger partial charge in [0.2, 0.25) is 0 Å². The number of nitro groups is 1. The van der Waals surface area contributed by atoms with Crippen LogP contribution in [-0.2, 0) is 0 Å². The summed E-state index contributed by atoms with van der Waals surface area (Å²) < 4.78 is 10.9. The molecular formula is C20H23N3O5. The Labute approximate surface area is 163 Å². The third kappa shape index (κ3) is 6.08. The molecule has 0 aliphatic carbocycles. The predicted octanol–water partition coefficient (Wildman–Crippen LogP) is 3.93. The lowest BCUT2D eigenvalue weighted by atomic mass is 10.2. The monoisotopic (exact) mass is 385 g/mol. The SMILES string of the molecule is CCCOc1ccc(C(=O)N/N=C/c2ccc(OC(C)C)c([N+](=O)[O-])c2)cc1. The maximum Gasteiger partial charge on any atom is 0.311 e. The van der Waals surface area contributed by atoms with Crippen molar-refractivity contribution in [1.82, 2.24) is 5.43 Å². The van der Waals surface area contributed by atoms with Crippen LogP contribution in [0.1, 0.15) is 43.1 Å². The van der Waals surface area contributed by atoms with Gasteiger partial charge in [0.05, 0.1) is 23.8 Å². The van der Waals surface area contributed by atoms with Crippen LogP contribution in [-0.4, -0.2) is 29.8 Å². The number of hydrogen-bond donors (Lipinski definition) is 1. The molecule has 0 heterocycles. The van der Waals surface area contributed by atoms with E-state index in [4.69, 9.17) is 9.47 Å². The average Bonchev–Trinajstić information content (AvgIpc) is 2.67. The van der Waals surface area contributed by atoms with Crippen LogP contribution in [0.5, 0.6) is 11.5 Å². The Bertz CT molecular complexity index is 847. The highest BCUT2D eigenvalue weighted by atomic mass is 16.6. The maximum absolute atomic E-state index is 12.1. The highest BCUT2D eigenvalue weighted by molar-refractivity contribution is 5.95. The minimum Gasteiger partial charge on any atom is -0.494 e. The van der Waals surface area contributed by atoms with Crippen LogP contribution in [0, 0.1) is 10.1 Å². The van der Waals surface area contributed by atoms with E-state index in [0.717, 1.165) is 6.42 Å². The first-order valence-corrected chi connectivity index (χ1v) is 8.92. The first-order valence-electron chi connectivity index (χ1n) is 8.92. The number of amides is 1. The van der Waals surface area contributed by atoms with Crippen molar-refractivity contribution in [2.45, 2.75) is 33.3 Å². The van der Waals surface area contributed by atoms with Gasteiger partial charge in [-0.3, -0.25) is 14.9 Å². The van der Waals surface area contributed by atoms with Crippen molar-refractivity contribution >= 4 is 17.8 Å². The topological polar surface area (TPSA) is 103 Å². The first kappa shape index (κ1) is 20.9. The number of nitrogens with one attached hydrogen (secondary N) is 1. The van der Waals surface area contributed by atoms with Crippen molar-refractivity contribution in [2.24, 2.45) is 5.10 Å². The summed E-state index contributed by atoms with van der Waals surface area (Å²) >= 11 is 0. The number of hydrazone groups is 1. The summed E-state index contributed by atoms with van der Waals surface area (Å²) in [6, 6.07) is 11.2. The molecule has 0 unspecified atom stereocenters. The molecule has 1 N–H and O–H groups in total. The lowest BCUT2D eigenvalue weighted by Crippen LogP contribution is -2.17. The molecule has 0 aromatic heterocycles. The second-order valence-electron chi connectivity index (χ2n) is 6.22. The second kappa shape index (κ2) is 10.1. The molecule has 0 bridgehead atoms. The summed E-state index contributed by atoms with van der Waals surface area (Å²) in [5.41, 5.74) is 3.12. The third-order valence-electron chi connectivity index (χ3n) is 3.51. The Hall–Kier alpha value is -3.42. The molecule has 2 rings (SSSR count). The van der Waals surface area contributed by atoms with Crippen LogP contribution in [0.2, 0.25) is 0 Å². The number of carbonyl (C=O) groups excluding carboxylic acids is 1. The number of carbonyl (C=O) groups is 1. The molecule has 0 saturated carbocycles. The minimum absolute atomic E-state index is 0.161. The predicted molar refractivity (Wildman–Crippen MR) is 106 cm³/mol. The van der Waals surface area contributed by atoms with E-state index >= 15 is 0 Å². The third-order valence-corrected chi connectivity index (χ3v) is 3.51. The van der Waals surface area contributed by atoms with Crippen molar-refractivity contribution in [3.63, 3.8) is 0 Å². The molecule has 0 spiro atoms. The van der Waals surface area contributed by atoms with Crippen LogP contribution in [0.15, 0.2) is 47.6 Å². The van der Waals surface area contributed by atoms with Gasteiger partial charge >= 0.3 is 5.69 Å². The van der Waals surface area contributed by atoms with E-state index < -0.39 is 10.8 Å². The van der Waals surface area contributed by atoms with E-state index in [2.05, 4.69) is 10.5 Å². The van der Waals surface area contributed by atoms with E-state index in [1.807, 2.05) is 6.92 Å². The summed E-state index contributed by atoms with van der Waals surface area (Å²) in [5.74, 6) is 0.483. The smallest absolute Gasteiger partial charge is 0.311 e. The first-order chi connectivity index (χ1) is 13.4. The Morgan fingerprint density at radius 2 is 1.96 bits per heavy atom. The fraction of sp³-hybridized carbons (Fsp3) is 0.300. The van der Waals surface area contributed by atoms with E-state index in [-0.39, 0.29) is 17.5 Å². The van der Waals surface area contributed by atoms with E-state index in [9.17, 15) is 14.9 Å². The molecule has 0 aliphatic rings. The Kier molecular flexibility index (Phi) is 7.50. The molecule has 2 aromatic rings. The molecule has 0 atom stereocenters. The van der Waals surface area contributed by atoms with Crippen molar-refractivity contribution in [3.8, 4) is 11.5 Å². The van der Waals surface area contributed by atoms with Gasteiger partial charge in [-0.25, -0.2) is 5.43 Å². The van der Waals surface area contributed by atoms with Gasteiger partial charge in [0, 0.05) is 17.2 Å². The van der Waals surface area contributed by atoms with Crippen LogP contribution < -0.4 is 14.9 Å². The fourth-order valence-electron chi connectivity index (χ4n) is 2.26. The summed E-state index contributed by atoms with van der Waals surface area (Å²) in [5, 5.41) is 15.1. The number of benzene rings is 2. The number of rotatable bonds is 9. The van der Waals surface area contributed by atoms with Crippen molar-refractivity contribution in [3.05, 3.63) is 63.7 Å². The summed E-state index contributed by atoms with van der Waals surface area (Å²) in [6.07, 6.45) is 2.05. The van der Waals surface area contributed by atoms with Crippen LogP contribution in [0.25, 0.3) is 0 Å². The number of ether oxygens (including phenoxy) is 2. The highest BCUT2D eigenvalue weighted by Gasteiger charge is 2.16. The Morgan fingerprint density at radius 3 is 2.57 bits per heavy atom. The molecule has 0 aliphatic heterocycles. The molecule has 28 heavy (non-hydrogen) atoms. The standard InChI is InChI=1S/C20H23N3O5/c1-4-11-27-17-8-6-16(7-9-17)20(24)22-21-13-15-5-10-19(28-14(2)3)18(12-15)23(25)26/h5-10,12-14H,4,11H2,1-3H3,(H,22,24)/b21-13+. The van der Waals surface area contributed by atoms with Gasteiger partial charge in [0.25, 0.3) is 5.91 Å². The Balaban J connectivity index is 2.02. The van der Waals surface area contributed by atoms with Crippen molar-refractivity contribution in [1.29, 1.82) is 0 Å². The molecular weight excluding hydrogens is 362 g/mol. The van der Waals surface area contributed by atoms with Gasteiger partial charge in [0.15, 0.2) is 5.75 Å². The molecule has 8 heteroatoms. The largest absolute Gasteiger partial charge is 0.494 e. The van der Waals surface area contributed by atoms with Gasteiger partial charge in [0.1, 0.15) is 5.75 Å². The maximum atomic E-state index is 12.1. The van der Waals surface area contributed by atoms with Crippen LogP contribution in [0.3, 0.4) is 0 Å². The van der Waals surface area contributed by atoms with Crippen LogP contribution >= 0.6 is 0 Å². The second-order valence-corrected chi connectivity index (χ2v) is 6.22. The molecule has 0 saturated heterocycles. The van der Waals surface area contributed by atoms with Gasteiger partial charge in [-0.05, 0) is 56.7 Å². The van der Waals surface area contributed by atoms with E-state index in [1.165, 1.54) is 18.3 Å². The Morgan fingerprint density at radius 1 is 1.25 bits per heavy atom. The van der Waals surface area contributed by atoms with Crippen molar-refractivity contribution in [2.75, 3.05) is 6.61 Å². The van der Waals surface area contributed by atoms with Gasteiger partial charge in [-0.1, -0.05) is 6.92 Å². The average molecular weight is 385 g/mol.